The molecule has 0 unspecified atom stereocenters. The highest BCUT2D eigenvalue weighted by molar-refractivity contribution is 7.90. The second kappa shape index (κ2) is 17.5. The molecule has 13 nitrogen and oxygen atoms in total. The maximum absolute atomic E-state index is 13.9. The van der Waals surface area contributed by atoms with Crippen molar-refractivity contribution in [1.82, 2.24) is 10.6 Å². The number of amides is 2. The molecule has 0 saturated carbocycles. The molecule has 1 aromatic carbocycles. The Morgan fingerprint density at radius 3 is 2.32 bits per heavy atom. The van der Waals surface area contributed by atoms with Crippen molar-refractivity contribution in [3.63, 3.8) is 0 Å². The van der Waals surface area contributed by atoms with Gasteiger partial charge in [0.05, 0.1) is 28.5 Å². The van der Waals surface area contributed by atoms with Gasteiger partial charge in [0.15, 0.2) is 15.9 Å². The maximum Gasteiger partial charge on any atom is 0.405 e. The highest BCUT2D eigenvalue weighted by Crippen LogP contribution is 2.29. The molecule has 3 rings (SSSR count). The van der Waals surface area contributed by atoms with Crippen LogP contribution in [0.2, 0.25) is 0 Å². The SMILES string of the molecule is CO[C@H]1/C=C\C=C(/C)C(=O)NC2=CC(=O)C(NCc3ccc(S(C)(=O)=O)cc3)=C(C[C@@H](C)C[C@H](OC)[C@H](O)[C@@H](C)/C=C(\C)[C@@H]1OC(N)=O)C2=O. The van der Waals surface area contributed by atoms with Gasteiger partial charge in [-0.25, -0.2) is 13.2 Å². The number of Topliss-reactive ketones (excluding diaryl/α,β-unsaturated/α-hetero) is 1. The van der Waals surface area contributed by atoms with Gasteiger partial charge in [0, 0.05) is 50.2 Å². The Bertz CT molecular complexity index is 1720. The number of carbonyl (C=O) groups is 4. The summed E-state index contributed by atoms with van der Waals surface area (Å²) in [6.07, 6.45) is 4.39. The Morgan fingerprint density at radius 1 is 1.08 bits per heavy atom. The van der Waals surface area contributed by atoms with Gasteiger partial charge in [0.25, 0.3) is 5.91 Å². The van der Waals surface area contributed by atoms with E-state index in [1.165, 1.54) is 45.4 Å². The molecule has 2 amide bonds. The molecule has 6 atom stereocenters. The largest absolute Gasteiger partial charge is 0.439 e. The topological polar surface area (TPSA) is 200 Å². The summed E-state index contributed by atoms with van der Waals surface area (Å²) in [7, 11) is -0.515. The van der Waals surface area contributed by atoms with Crippen molar-refractivity contribution in [2.75, 3.05) is 20.5 Å². The van der Waals surface area contributed by atoms with E-state index in [1.54, 1.807) is 38.1 Å². The van der Waals surface area contributed by atoms with Crippen molar-refractivity contribution < 1.29 is 46.9 Å². The van der Waals surface area contributed by atoms with E-state index in [4.69, 9.17) is 19.9 Å². The first-order valence-corrected chi connectivity index (χ1v) is 18.0. The number of ketones is 2. The number of hydrogen-bond donors (Lipinski definition) is 4. The highest BCUT2D eigenvalue weighted by atomic mass is 32.2. The van der Waals surface area contributed by atoms with Gasteiger partial charge >= 0.3 is 6.09 Å². The first-order valence-electron chi connectivity index (χ1n) is 16.1. The van der Waals surface area contributed by atoms with Crippen molar-refractivity contribution >= 4 is 33.4 Å². The third-order valence-electron chi connectivity index (χ3n) is 8.61. The van der Waals surface area contributed by atoms with Gasteiger partial charge < -0.3 is 35.7 Å². The predicted octanol–water partition coefficient (Wildman–Crippen LogP) is 2.96. The number of sulfone groups is 1. The summed E-state index contributed by atoms with van der Waals surface area (Å²) in [6, 6.07) is 6.15. The maximum atomic E-state index is 13.9. The molecular weight excluding hydrogens is 666 g/mol. The van der Waals surface area contributed by atoms with E-state index in [1.807, 2.05) is 6.92 Å². The van der Waals surface area contributed by atoms with Gasteiger partial charge in [-0.05, 0) is 55.9 Å². The first kappa shape index (κ1) is 40.1. The van der Waals surface area contributed by atoms with Gasteiger partial charge in [0.2, 0.25) is 11.6 Å². The summed E-state index contributed by atoms with van der Waals surface area (Å²) in [6.45, 7) is 7.00. The molecule has 1 aliphatic carbocycles. The summed E-state index contributed by atoms with van der Waals surface area (Å²) in [5.41, 5.74) is 6.81. The summed E-state index contributed by atoms with van der Waals surface area (Å²) in [5, 5.41) is 17.0. The van der Waals surface area contributed by atoms with Gasteiger partial charge in [-0.1, -0.05) is 50.3 Å². The molecule has 50 heavy (non-hydrogen) atoms. The number of ether oxygens (including phenoxy) is 3. The van der Waals surface area contributed by atoms with E-state index < -0.39 is 63.7 Å². The van der Waals surface area contributed by atoms with Crippen LogP contribution in [0.15, 0.2) is 87.7 Å². The Balaban J connectivity index is 2.05. The number of aliphatic hydroxyl groups excluding tert-OH is 1. The van der Waals surface area contributed by atoms with Gasteiger partial charge in [0.1, 0.15) is 6.10 Å². The van der Waals surface area contributed by atoms with Crippen molar-refractivity contribution in [2.45, 2.75) is 76.4 Å². The van der Waals surface area contributed by atoms with Crippen molar-refractivity contribution in [3.8, 4) is 0 Å². The number of nitrogens with two attached hydrogens (primary N) is 1. The Hall–Kier alpha value is -4.37. The van der Waals surface area contributed by atoms with Crippen LogP contribution in [0.1, 0.15) is 46.1 Å². The van der Waals surface area contributed by atoms with Gasteiger partial charge in [-0.3, -0.25) is 14.4 Å². The number of benzene rings is 1. The van der Waals surface area contributed by atoms with Crippen LogP contribution in [0.4, 0.5) is 4.79 Å². The van der Waals surface area contributed by atoms with Crippen LogP contribution in [0.5, 0.6) is 0 Å². The number of nitrogens with one attached hydrogen (secondary N) is 2. The number of allylic oxidation sites excluding steroid dienone is 4. The van der Waals surface area contributed by atoms with Crippen LogP contribution < -0.4 is 16.4 Å². The summed E-state index contributed by atoms with van der Waals surface area (Å²) >= 11 is 0. The minimum absolute atomic E-state index is 0.0562. The lowest BCUT2D eigenvalue weighted by Crippen LogP contribution is -2.37. The highest BCUT2D eigenvalue weighted by Gasteiger charge is 2.33. The van der Waals surface area contributed by atoms with Crippen LogP contribution in [-0.4, -0.2) is 82.0 Å². The third kappa shape index (κ3) is 10.6. The molecule has 14 heteroatoms. The number of rotatable bonds is 7. The standard InChI is InChI=1S/C36H47N3O10S/c1-20-15-26-31(38-19-24-11-13-25(14-12-24)50(7,45)46)28(40)18-27(33(26)42)39-35(43)21(2)9-8-10-29(47-5)34(49-36(37)44)23(4)17-22(3)32(41)30(16-20)48-6/h8-14,17-18,20,22,29-30,32,34,38,41H,15-16,19H2,1-7H3,(H2,37,44)(H,39,43)/b10-8-,21-9+,23-17+/t20-,22+,29+,30+,32-,34+/m1/s1. The monoisotopic (exact) mass is 713 g/mol. The molecule has 1 heterocycles. The number of carbonyl (C=O) groups excluding carboxylic acids is 4. The summed E-state index contributed by atoms with van der Waals surface area (Å²) in [4.78, 5) is 52.5. The second-order valence-electron chi connectivity index (χ2n) is 12.7. The first-order chi connectivity index (χ1) is 23.5. The van der Waals surface area contributed by atoms with Gasteiger partial charge in [-0.2, -0.15) is 0 Å². The molecule has 0 saturated heterocycles. The molecule has 1 aromatic rings. The van der Waals surface area contributed by atoms with Crippen molar-refractivity contribution in [3.05, 3.63) is 88.3 Å². The predicted molar refractivity (Wildman–Crippen MR) is 186 cm³/mol. The van der Waals surface area contributed by atoms with E-state index in [0.29, 0.717) is 11.1 Å². The number of aliphatic hydroxyl groups is 1. The summed E-state index contributed by atoms with van der Waals surface area (Å²) in [5.74, 6) is -2.48. The minimum Gasteiger partial charge on any atom is -0.439 e. The normalized spacial score (nSPS) is 28.8. The molecule has 0 fully saturated rings. The molecule has 2 bridgehead atoms. The molecule has 2 aliphatic rings. The van der Waals surface area contributed by atoms with Gasteiger partial charge in [-0.15, -0.1) is 0 Å². The smallest absolute Gasteiger partial charge is 0.405 e. The van der Waals surface area contributed by atoms with Crippen molar-refractivity contribution in [2.24, 2.45) is 17.6 Å². The molecule has 1 aliphatic heterocycles. The van der Waals surface area contributed by atoms with Crippen LogP contribution >= 0.6 is 0 Å². The van der Waals surface area contributed by atoms with E-state index in [2.05, 4.69) is 10.6 Å². The molecule has 5 N–H and O–H groups in total. The Kier molecular flexibility index (Phi) is 14.0. The molecular formula is C36H47N3O10S. The minimum atomic E-state index is -3.40. The number of primary amides is 1. The van der Waals surface area contributed by atoms with E-state index in [9.17, 15) is 32.7 Å². The molecule has 272 valence electrons. The quantitative estimate of drug-likeness (QED) is 0.239. The van der Waals surface area contributed by atoms with Crippen LogP contribution in [0, 0.1) is 11.8 Å². The zero-order chi connectivity index (χ0) is 37.3. The lowest BCUT2D eigenvalue weighted by Gasteiger charge is -2.30. The lowest BCUT2D eigenvalue weighted by molar-refractivity contribution is -0.120. The van der Waals surface area contributed by atoms with Crippen LogP contribution in [-0.2, 0) is 45.0 Å². The van der Waals surface area contributed by atoms with E-state index in [-0.39, 0.29) is 52.7 Å². The van der Waals surface area contributed by atoms with Crippen LogP contribution in [0.25, 0.3) is 0 Å². The number of methoxy groups -OCH3 is 2. The molecule has 0 aromatic heterocycles. The summed E-state index contributed by atoms with van der Waals surface area (Å²) < 4.78 is 40.4. The fourth-order valence-corrected chi connectivity index (χ4v) is 6.45. The Morgan fingerprint density at radius 2 is 1.74 bits per heavy atom. The third-order valence-corrected chi connectivity index (χ3v) is 9.74. The zero-order valence-corrected chi connectivity index (χ0v) is 30.2. The number of hydrogen-bond acceptors (Lipinski definition) is 11. The van der Waals surface area contributed by atoms with E-state index in [0.717, 1.165) is 12.3 Å². The average molecular weight is 714 g/mol. The van der Waals surface area contributed by atoms with E-state index >= 15 is 0 Å². The van der Waals surface area contributed by atoms with Crippen LogP contribution in [0.3, 0.4) is 0 Å². The Labute approximate surface area is 293 Å². The molecule has 0 spiro atoms. The lowest BCUT2D eigenvalue weighted by atomic mass is 9.85. The average Bonchev–Trinajstić information content (AvgIpc) is 3.05. The fourth-order valence-electron chi connectivity index (χ4n) is 5.82. The number of fused-ring (bicyclic) bond motifs is 2. The zero-order valence-electron chi connectivity index (χ0n) is 29.4. The molecule has 0 radical (unpaired) electrons. The van der Waals surface area contributed by atoms with Crippen molar-refractivity contribution in [1.29, 1.82) is 0 Å². The second-order valence-corrected chi connectivity index (χ2v) is 14.7. The fraction of sp³-hybridized carbons (Fsp3) is 0.444.